The first-order valence-electron chi connectivity index (χ1n) is 12.8. The van der Waals surface area contributed by atoms with Crippen LogP contribution in [0, 0.1) is 12.7 Å². The Morgan fingerprint density at radius 2 is 1.67 bits per heavy atom. The zero-order valence-corrected chi connectivity index (χ0v) is 22.9. The normalized spacial score (nSPS) is 12.1. The topological polar surface area (TPSA) is 133 Å². The summed E-state index contributed by atoms with van der Waals surface area (Å²) in [5, 5.41) is 13.4. The van der Waals surface area contributed by atoms with Gasteiger partial charge in [-0.1, -0.05) is 48.9 Å². The number of aryl methyl sites for hydroxylation is 3. The number of carboxylic acid groups (broad SMARTS) is 1. The van der Waals surface area contributed by atoms with E-state index < -0.39 is 18.1 Å². The molecule has 0 saturated carbocycles. The van der Waals surface area contributed by atoms with Gasteiger partial charge in [-0.2, -0.15) is 18.3 Å². The summed E-state index contributed by atoms with van der Waals surface area (Å²) in [5.41, 5.74) is 17.1. The second kappa shape index (κ2) is 11.9. The van der Waals surface area contributed by atoms with Gasteiger partial charge in [0.2, 0.25) is 0 Å². The number of alkyl halides is 3. The summed E-state index contributed by atoms with van der Waals surface area (Å²) in [5.74, 6) is -2.21. The van der Waals surface area contributed by atoms with Crippen LogP contribution >= 0.6 is 0 Å². The molecule has 0 aliphatic rings. The number of rotatable bonds is 5. The van der Waals surface area contributed by atoms with Gasteiger partial charge in [-0.05, 0) is 54.6 Å². The Labute approximate surface area is 238 Å². The lowest BCUT2D eigenvalue weighted by atomic mass is 9.91. The highest BCUT2D eigenvalue weighted by Crippen LogP contribution is 2.36. The number of benzene rings is 3. The third-order valence-electron chi connectivity index (χ3n) is 6.59. The van der Waals surface area contributed by atoms with E-state index in [1.54, 1.807) is 16.8 Å². The summed E-state index contributed by atoms with van der Waals surface area (Å²) in [4.78, 5) is 18.5. The van der Waals surface area contributed by atoms with Crippen LogP contribution in [0.4, 0.5) is 29.1 Å². The predicted octanol–water partition coefficient (Wildman–Crippen LogP) is 6.02. The van der Waals surface area contributed by atoms with E-state index in [1.165, 1.54) is 6.07 Å². The van der Waals surface area contributed by atoms with Crippen LogP contribution in [-0.2, 0) is 18.3 Å². The number of carboxylic acids is 1. The van der Waals surface area contributed by atoms with Gasteiger partial charge in [0.1, 0.15) is 17.5 Å². The number of hydrogen-bond acceptors (Lipinski definition) is 6. The fourth-order valence-corrected chi connectivity index (χ4v) is 4.41. The molecule has 5 rings (SSSR count). The third kappa shape index (κ3) is 6.48. The quantitative estimate of drug-likeness (QED) is 0.171. The van der Waals surface area contributed by atoms with Gasteiger partial charge in [-0.25, -0.2) is 19.2 Å². The van der Waals surface area contributed by atoms with Crippen LogP contribution in [0.2, 0.25) is 0 Å². The molecule has 0 bridgehead atoms. The molecule has 2 aromatic heterocycles. The van der Waals surface area contributed by atoms with Gasteiger partial charge in [0.15, 0.2) is 5.82 Å². The number of halogens is 4. The van der Waals surface area contributed by atoms with Crippen molar-refractivity contribution in [2.75, 3.05) is 11.5 Å². The lowest BCUT2D eigenvalue weighted by Gasteiger charge is -2.19. The highest BCUT2D eigenvalue weighted by atomic mass is 19.4. The number of nitrogens with two attached hydrogens (primary N) is 2. The van der Waals surface area contributed by atoms with Crippen molar-refractivity contribution in [3.05, 3.63) is 101 Å². The molecule has 12 heteroatoms. The minimum Gasteiger partial charge on any atom is -0.475 e. The van der Waals surface area contributed by atoms with Crippen molar-refractivity contribution < 1.29 is 27.5 Å². The van der Waals surface area contributed by atoms with E-state index in [2.05, 4.69) is 5.10 Å². The highest BCUT2D eigenvalue weighted by Gasteiger charge is 2.38. The zero-order chi connectivity index (χ0) is 30.8. The second-order valence-electron chi connectivity index (χ2n) is 9.64. The Balaban J connectivity index is 0.000000517. The van der Waals surface area contributed by atoms with E-state index in [0.29, 0.717) is 34.4 Å². The van der Waals surface area contributed by atoms with Crippen molar-refractivity contribution in [1.29, 1.82) is 0 Å². The molecular formula is C30H28F4N6O2. The first-order valence-corrected chi connectivity index (χ1v) is 12.8. The van der Waals surface area contributed by atoms with Crippen LogP contribution < -0.4 is 11.5 Å². The third-order valence-corrected chi connectivity index (χ3v) is 6.59. The van der Waals surface area contributed by atoms with Crippen LogP contribution in [0.15, 0.2) is 66.7 Å². The van der Waals surface area contributed by atoms with Crippen LogP contribution in [0.3, 0.4) is 0 Å². The SMILES string of the molecule is CCc1ccc(F)c(C(c2cc3cc(N)ccc3c(N)n2)c2nc(-c3ccc(C)cc3)nn2C)c1.O=C(O)C(F)(F)F. The molecule has 0 amide bonds. The van der Waals surface area contributed by atoms with Crippen molar-refractivity contribution in [2.45, 2.75) is 32.4 Å². The Morgan fingerprint density at radius 3 is 2.29 bits per heavy atom. The van der Waals surface area contributed by atoms with E-state index in [0.717, 1.165) is 33.9 Å². The number of pyridine rings is 1. The fraction of sp³-hybridized carbons (Fsp3) is 0.200. The van der Waals surface area contributed by atoms with E-state index >= 15 is 4.39 Å². The van der Waals surface area contributed by atoms with E-state index in [4.69, 9.17) is 31.3 Å². The molecule has 0 radical (unpaired) electrons. The average molecular weight is 581 g/mol. The van der Waals surface area contributed by atoms with Gasteiger partial charge in [0.05, 0.1) is 11.6 Å². The summed E-state index contributed by atoms with van der Waals surface area (Å²) in [6.45, 7) is 4.07. The molecular weight excluding hydrogens is 552 g/mol. The molecule has 3 aromatic carbocycles. The van der Waals surface area contributed by atoms with Crippen LogP contribution in [0.5, 0.6) is 0 Å². The lowest BCUT2D eigenvalue weighted by molar-refractivity contribution is -0.192. The van der Waals surface area contributed by atoms with Gasteiger partial charge < -0.3 is 16.6 Å². The first kappa shape index (κ1) is 30.0. The average Bonchev–Trinajstić information content (AvgIpc) is 3.30. The Kier molecular flexibility index (Phi) is 8.46. The molecule has 5 aromatic rings. The number of aliphatic carboxylic acids is 1. The largest absolute Gasteiger partial charge is 0.490 e. The Morgan fingerprint density at radius 1 is 1.00 bits per heavy atom. The van der Waals surface area contributed by atoms with Gasteiger partial charge in [0.25, 0.3) is 0 Å². The molecule has 0 spiro atoms. The lowest BCUT2D eigenvalue weighted by Crippen LogP contribution is -2.21. The number of hydrogen-bond donors (Lipinski definition) is 3. The maximum absolute atomic E-state index is 15.4. The number of nitrogens with zero attached hydrogens (tertiary/aromatic N) is 4. The van der Waals surface area contributed by atoms with E-state index in [1.807, 2.05) is 69.4 Å². The maximum atomic E-state index is 15.4. The number of fused-ring (bicyclic) bond motifs is 1. The molecule has 5 N–H and O–H groups in total. The van der Waals surface area contributed by atoms with Crippen molar-refractivity contribution in [3.63, 3.8) is 0 Å². The van der Waals surface area contributed by atoms with Gasteiger partial charge >= 0.3 is 12.1 Å². The molecule has 1 unspecified atom stereocenters. The predicted molar refractivity (Wildman–Crippen MR) is 152 cm³/mol. The number of carbonyl (C=O) groups is 1. The van der Waals surface area contributed by atoms with E-state index in [-0.39, 0.29) is 5.82 Å². The summed E-state index contributed by atoms with van der Waals surface area (Å²) in [6.07, 6.45) is -4.31. The second-order valence-corrected chi connectivity index (χ2v) is 9.64. The number of anilines is 2. The summed E-state index contributed by atoms with van der Waals surface area (Å²) in [6, 6.07) is 20.6. The smallest absolute Gasteiger partial charge is 0.475 e. The van der Waals surface area contributed by atoms with Gasteiger partial charge in [-0.15, -0.1) is 0 Å². The van der Waals surface area contributed by atoms with Gasteiger partial charge in [0, 0.05) is 29.2 Å². The fourth-order valence-electron chi connectivity index (χ4n) is 4.41. The first-order chi connectivity index (χ1) is 19.8. The Bertz CT molecular complexity index is 1750. The molecule has 0 aliphatic heterocycles. The summed E-state index contributed by atoms with van der Waals surface area (Å²) in [7, 11) is 1.82. The van der Waals surface area contributed by atoms with Crippen molar-refractivity contribution in [1.82, 2.24) is 19.7 Å². The van der Waals surface area contributed by atoms with Crippen molar-refractivity contribution >= 4 is 28.2 Å². The van der Waals surface area contributed by atoms with Crippen LogP contribution in [0.1, 0.15) is 41.1 Å². The molecule has 218 valence electrons. The van der Waals surface area contributed by atoms with Crippen LogP contribution in [0.25, 0.3) is 22.2 Å². The summed E-state index contributed by atoms with van der Waals surface area (Å²) < 4.78 is 48.8. The minimum atomic E-state index is -5.08. The van der Waals surface area contributed by atoms with E-state index in [9.17, 15) is 13.2 Å². The molecule has 42 heavy (non-hydrogen) atoms. The molecule has 0 aliphatic carbocycles. The standard InChI is InChI=1S/C28H27FN6.C2HF3O2/c1-4-17-7-12-23(29)22(13-17)25(24-15-19-14-20(30)10-11-21(19)26(31)32-24)28-33-27(34-35(28)3)18-8-5-16(2)6-9-18;3-2(4,5)1(6)7/h5-15,25H,4,30H2,1-3H3,(H2,31,32);(H,6,7). The van der Waals surface area contributed by atoms with Crippen LogP contribution in [-0.4, -0.2) is 37.0 Å². The summed E-state index contributed by atoms with van der Waals surface area (Å²) >= 11 is 0. The zero-order valence-electron chi connectivity index (χ0n) is 22.9. The Hall–Kier alpha value is -5.00. The molecule has 0 fully saturated rings. The number of nitrogen functional groups attached to an aromatic ring is 2. The molecule has 2 heterocycles. The molecule has 0 saturated heterocycles. The number of aromatic nitrogens is 4. The minimum absolute atomic E-state index is 0.333. The highest BCUT2D eigenvalue weighted by molar-refractivity contribution is 5.93. The molecule has 8 nitrogen and oxygen atoms in total. The maximum Gasteiger partial charge on any atom is 0.490 e. The molecule has 1 atom stereocenters. The monoisotopic (exact) mass is 580 g/mol. The van der Waals surface area contributed by atoms with Gasteiger partial charge in [-0.3, -0.25) is 4.68 Å². The van der Waals surface area contributed by atoms with Crippen molar-refractivity contribution in [2.24, 2.45) is 7.05 Å². The van der Waals surface area contributed by atoms with Crippen molar-refractivity contribution in [3.8, 4) is 11.4 Å².